The number of hydrogen-bond donors (Lipinski definition) is 2. The molecule has 1 fully saturated rings. The van der Waals surface area contributed by atoms with E-state index in [4.69, 9.17) is 6.42 Å². The molecule has 12 heteroatoms. The average molecular weight is 578 g/mol. The molecule has 2 N–H and O–H groups in total. The first-order valence-electron chi connectivity index (χ1n) is 13.1. The molecule has 0 atom stereocenters. The van der Waals surface area contributed by atoms with E-state index < -0.39 is 32.6 Å². The van der Waals surface area contributed by atoms with Crippen LogP contribution in [0.2, 0.25) is 0 Å². The van der Waals surface area contributed by atoms with Crippen molar-refractivity contribution in [1.29, 1.82) is 0 Å². The summed E-state index contributed by atoms with van der Waals surface area (Å²) in [5.41, 5.74) is -0.711. The van der Waals surface area contributed by atoms with Crippen molar-refractivity contribution in [1.82, 2.24) is 13.7 Å². The average Bonchev–Trinajstić information content (AvgIpc) is 3.77. The Labute approximate surface area is 235 Å². The van der Waals surface area contributed by atoms with Crippen LogP contribution in [0.4, 0.5) is 21.6 Å². The van der Waals surface area contributed by atoms with Crippen LogP contribution < -0.4 is 26.8 Å². The summed E-state index contributed by atoms with van der Waals surface area (Å²) in [6.07, 6.45) is 6.81. The molecule has 0 bridgehead atoms. The molecule has 212 valence electrons. The normalized spacial score (nSPS) is 13.2. The minimum absolute atomic E-state index is 0.00514. The van der Waals surface area contributed by atoms with E-state index in [0.717, 1.165) is 10.6 Å². The van der Waals surface area contributed by atoms with Crippen molar-refractivity contribution < 1.29 is 12.8 Å². The van der Waals surface area contributed by atoms with Gasteiger partial charge in [-0.1, -0.05) is 18.9 Å². The van der Waals surface area contributed by atoms with E-state index in [-0.39, 0.29) is 57.6 Å². The summed E-state index contributed by atoms with van der Waals surface area (Å²) in [6.45, 7) is 3.23. The standard InChI is InChI=1S/C29H28FN5O5S/c1-5-17-11-14-23(22(30)15-17)31-26-24-25(21(6-2)27(36)33(26)4)34(29(38)35(28(24)37)19-12-13-19)20-10-8-9-18(16-20)32-41(39,40)7-3/h1,8-11,14-16,19,31-32H,6-7,12-13H2,2-4H3. The van der Waals surface area contributed by atoms with Gasteiger partial charge in [-0.15, -0.1) is 6.42 Å². The fraction of sp³-hybridized carbons (Fsp3) is 0.276. The Morgan fingerprint density at radius 2 is 1.80 bits per heavy atom. The van der Waals surface area contributed by atoms with Crippen LogP contribution in [0.3, 0.4) is 0 Å². The van der Waals surface area contributed by atoms with E-state index in [1.54, 1.807) is 19.1 Å². The molecule has 2 aromatic heterocycles. The third-order valence-corrected chi connectivity index (χ3v) is 8.43. The van der Waals surface area contributed by atoms with Gasteiger partial charge in [0.25, 0.3) is 11.1 Å². The van der Waals surface area contributed by atoms with E-state index in [1.165, 1.54) is 47.4 Å². The zero-order valence-corrected chi connectivity index (χ0v) is 23.5. The SMILES string of the molecule is C#Cc1ccc(Nc2c3c(=O)n(C4CC4)c(=O)n(-c4cccc(NS(=O)(=O)CC)c4)c3c(CC)c(=O)n2C)c(F)c1. The summed E-state index contributed by atoms with van der Waals surface area (Å²) < 4.78 is 45.6. The van der Waals surface area contributed by atoms with Gasteiger partial charge in [-0.2, -0.15) is 0 Å². The van der Waals surface area contributed by atoms with Gasteiger partial charge >= 0.3 is 5.69 Å². The van der Waals surface area contributed by atoms with Crippen LogP contribution >= 0.6 is 0 Å². The topological polar surface area (TPSA) is 124 Å². The third kappa shape index (κ3) is 4.93. The number of halogens is 1. The molecule has 2 aromatic carbocycles. The van der Waals surface area contributed by atoms with Crippen LogP contribution in [-0.2, 0) is 23.5 Å². The second kappa shape index (κ2) is 10.4. The molecule has 0 aliphatic heterocycles. The first-order valence-corrected chi connectivity index (χ1v) is 14.7. The van der Waals surface area contributed by atoms with Crippen molar-refractivity contribution in [3.05, 3.63) is 90.6 Å². The number of aryl methyl sites for hydroxylation is 1. The molecule has 1 aliphatic carbocycles. The molecular formula is C29H28FN5O5S. The van der Waals surface area contributed by atoms with Crippen molar-refractivity contribution in [3.63, 3.8) is 0 Å². The highest BCUT2D eigenvalue weighted by Crippen LogP contribution is 2.34. The monoisotopic (exact) mass is 577 g/mol. The summed E-state index contributed by atoms with van der Waals surface area (Å²) in [6, 6.07) is 9.92. The lowest BCUT2D eigenvalue weighted by Gasteiger charge is -2.21. The van der Waals surface area contributed by atoms with Crippen molar-refractivity contribution >= 4 is 38.1 Å². The maximum absolute atomic E-state index is 15.0. The third-order valence-electron chi connectivity index (χ3n) is 7.12. The zero-order chi connectivity index (χ0) is 29.6. The summed E-state index contributed by atoms with van der Waals surface area (Å²) in [5, 5.41) is 2.93. The fourth-order valence-corrected chi connectivity index (χ4v) is 5.48. The first kappa shape index (κ1) is 27.9. The number of nitrogens with zero attached hydrogens (tertiary/aromatic N) is 3. The Morgan fingerprint density at radius 1 is 1.07 bits per heavy atom. The number of nitrogens with one attached hydrogen (secondary N) is 2. The second-order valence-electron chi connectivity index (χ2n) is 9.81. The molecule has 5 rings (SSSR count). The van der Waals surface area contributed by atoms with Gasteiger partial charge in [-0.05, 0) is 62.6 Å². The minimum Gasteiger partial charge on any atom is -0.338 e. The van der Waals surface area contributed by atoms with Gasteiger partial charge < -0.3 is 5.32 Å². The number of benzene rings is 2. The lowest BCUT2D eigenvalue weighted by Crippen LogP contribution is -2.41. The second-order valence-corrected chi connectivity index (χ2v) is 11.8. The number of aromatic nitrogens is 3. The summed E-state index contributed by atoms with van der Waals surface area (Å²) in [7, 11) is -2.16. The van der Waals surface area contributed by atoms with E-state index >= 15 is 0 Å². The van der Waals surface area contributed by atoms with Gasteiger partial charge in [-0.3, -0.25) is 28.0 Å². The number of hydrogen-bond acceptors (Lipinski definition) is 6. The number of rotatable bonds is 8. The fourth-order valence-electron chi connectivity index (χ4n) is 4.85. The lowest BCUT2D eigenvalue weighted by molar-refractivity contribution is 0.602. The molecule has 1 aliphatic rings. The largest absolute Gasteiger partial charge is 0.338 e. The highest BCUT2D eigenvalue weighted by molar-refractivity contribution is 7.92. The number of pyridine rings is 1. The van der Waals surface area contributed by atoms with Gasteiger partial charge in [0.05, 0.1) is 28.3 Å². The lowest BCUT2D eigenvalue weighted by atomic mass is 10.1. The summed E-state index contributed by atoms with van der Waals surface area (Å²) >= 11 is 0. The van der Waals surface area contributed by atoms with Crippen LogP contribution in [0.15, 0.2) is 56.8 Å². The number of fused-ring (bicyclic) bond motifs is 1. The zero-order valence-electron chi connectivity index (χ0n) is 22.7. The smallest absolute Gasteiger partial charge is 0.336 e. The van der Waals surface area contributed by atoms with Gasteiger partial charge in [0.15, 0.2) is 0 Å². The number of terminal acetylenes is 1. The van der Waals surface area contributed by atoms with E-state index in [2.05, 4.69) is 16.0 Å². The van der Waals surface area contributed by atoms with Crippen LogP contribution in [0.1, 0.15) is 43.9 Å². The molecule has 0 amide bonds. The predicted octanol–water partition coefficient (Wildman–Crippen LogP) is 3.37. The Kier molecular flexibility index (Phi) is 7.08. The maximum Gasteiger partial charge on any atom is 0.336 e. The molecule has 0 unspecified atom stereocenters. The van der Waals surface area contributed by atoms with Crippen molar-refractivity contribution in [2.75, 3.05) is 15.8 Å². The van der Waals surface area contributed by atoms with Crippen LogP contribution in [0, 0.1) is 18.2 Å². The van der Waals surface area contributed by atoms with Crippen LogP contribution in [0.5, 0.6) is 0 Å². The van der Waals surface area contributed by atoms with Crippen molar-refractivity contribution in [3.8, 4) is 18.0 Å². The maximum atomic E-state index is 15.0. The minimum atomic E-state index is -3.62. The van der Waals surface area contributed by atoms with E-state index in [9.17, 15) is 27.2 Å². The Hall–Kier alpha value is -4.63. The molecule has 41 heavy (non-hydrogen) atoms. The summed E-state index contributed by atoms with van der Waals surface area (Å²) in [4.78, 5) is 41.6. The van der Waals surface area contributed by atoms with E-state index in [0.29, 0.717) is 18.4 Å². The molecule has 10 nitrogen and oxygen atoms in total. The Bertz CT molecular complexity index is 2050. The molecule has 1 saturated carbocycles. The van der Waals surface area contributed by atoms with Gasteiger partial charge in [0.2, 0.25) is 10.0 Å². The Balaban J connectivity index is 1.89. The van der Waals surface area contributed by atoms with Crippen LogP contribution in [-0.4, -0.2) is 27.9 Å². The molecule has 0 spiro atoms. The molecule has 2 heterocycles. The van der Waals surface area contributed by atoms with Crippen molar-refractivity contribution in [2.24, 2.45) is 7.05 Å². The number of sulfonamides is 1. The summed E-state index contributed by atoms with van der Waals surface area (Å²) in [5.74, 6) is 1.52. The van der Waals surface area contributed by atoms with Gasteiger partial charge in [-0.25, -0.2) is 17.6 Å². The molecular weight excluding hydrogens is 549 g/mol. The van der Waals surface area contributed by atoms with Crippen LogP contribution in [0.25, 0.3) is 16.6 Å². The van der Waals surface area contributed by atoms with Gasteiger partial charge in [0.1, 0.15) is 17.0 Å². The van der Waals surface area contributed by atoms with Crippen molar-refractivity contribution in [2.45, 2.75) is 39.2 Å². The molecule has 0 radical (unpaired) electrons. The highest BCUT2D eigenvalue weighted by Gasteiger charge is 2.32. The number of anilines is 3. The molecule has 0 saturated heterocycles. The highest BCUT2D eigenvalue weighted by atomic mass is 32.2. The predicted molar refractivity (Wildman–Crippen MR) is 157 cm³/mol. The van der Waals surface area contributed by atoms with Gasteiger partial charge in [0, 0.05) is 24.2 Å². The Morgan fingerprint density at radius 3 is 2.41 bits per heavy atom. The molecule has 4 aromatic rings. The quantitative estimate of drug-likeness (QED) is 0.310. The van der Waals surface area contributed by atoms with E-state index in [1.807, 2.05) is 0 Å². The first-order chi connectivity index (χ1) is 19.5.